The lowest BCUT2D eigenvalue weighted by molar-refractivity contribution is 0.0995. The van der Waals surface area contributed by atoms with E-state index in [0.29, 0.717) is 5.76 Å². The number of hydrogen-bond acceptors (Lipinski definition) is 3. The van der Waals surface area contributed by atoms with Gasteiger partial charge in [-0.2, -0.15) is 0 Å². The molecule has 2 aromatic rings. The molecule has 4 nitrogen and oxygen atoms in total. The van der Waals surface area contributed by atoms with Gasteiger partial charge < -0.3 is 15.5 Å². The zero-order valence-electron chi connectivity index (χ0n) is 9.87. The molecular formula is C13H13BrN2O2. The van der Waals surface area contributed by atoms with E-state index >= 15 is 0 Å². The average Bonchev–Trinajstić information content (AvgIpc) is 2.83. The Balaban J connectivity index is 2.18. The summed E-state index contributed by atoms with van der Waals surface area (Å²) in [6.07, 6.45) is 0. The highest BCUT2D eigenvalue weighted by Gasteiger charge is 2.12. The van der Waals surface area contributed by atoms with E-state index in [0.717, 1.165) is 15.7 Å². The summed E-state index contributed by atoms with van der Waals surface area (Å²) in [5.41, 5.74) is 7.15. The number of benzene rings is 1. The fraction of sp³-hybridized carbons (Fsp3) is 0.154. The summed E-state index contributed by atoms with van der Waals surface area (Å²) >= 11 is 3.42. The van der Waals surface area contributed by atoms with Crippen LogP contribution in [0.4, 0.5) is 5.69 Å². The molecule has 0 atom stereocenters. The third kappa shape index (κ3) is 2.63. The number of halogens is 1. The first-order valence-electron chi connectivity index (χ1n) is 5.47. The van der Waals surface area contributed by atoms with E-state index in [9.17, 15) is 4.79 Å². The Hall–Kier alpha value is -1.59. The number of furan rings is 1. The zero-order valence-corrected chi connectivity index (χ0v) is 11.5. The van der Waals surface area contributed by atoms with Gasteiger partial charge in [0.1, 0.15) is 5.76 Å². The lowest BCUT2D eigenvalue weighted by atomic mass is 10.2. The van der Waals surface area contributed by atoms with E-state index < -0.39 is 0 Å². The summed E-state index contributed by atoms with van der Waals surface area (Å²) in [6, 6.07) is 8.93. The molecule has 1 aromatic carbocycles. The van der Waals surface area contributed by atoms with Crippen molar-refractivity contribution in [1.29, 1.82) is 0 Å². The van der Waals surface area contributed by atoms with Gasteiger partial charge in [-0.05, 0) is 36.8 Å². The van der Waals surface area contributed by atoms with Gasteiger partial charge in [0, 0.05) is 10.2 Å². The molecule has 0 spiro atoms. The van der Waals surface area contributed by atoms with Gasteiger partial charge in [-0.25, -0.2) is 0 Å². The molecule has 5 heteroatoms. The van der Waals surface area contributed by atoms with Crippen molar-refractivity contribution in [2.24, 2.45) is 5.73 Å². The van der Waals surface area contributed by atoms with Gasteiger partial charge in [0.2, 0.25) is 0 Å². The van der Waals surface area contributed by atoms with Crippen LogP contribution in [0, 0.1) is 6.92 Å². The Morgan fingerprint density at radius 1 is 1.39 bits per heavy atom. The number of anilines is 1. The minimum atomic E-state index is -0.282. The molecule has 0 aliphatic heterocycles. The Labute approximate surface area is 113 Å². The Bertz CT molecular complexity index is 578. The Morgan fingerprint density at radius 3 is 2.83 bits per heavy atom. The van der Waals surface area contributed by atoms with Gasteiger partial charge in [0.05, 0.1) is 6.54 Å². The number of carbonyl (C=O) groups excluding carboxylic acids is 1. The number of nitrogens with two attached hydrogens (primary N) is 1. The summed E-state index contributed by atoms with van der Waals surface area (Å²) < 4.78 is 6.23. The van der Waals surface area contributed by atoms with Crippen LogP contribution in [0.15, 0.2) is 39.2 Å². The van der Waals surface area contributed by atoms with Gasteiger partial charge >= 0.3 is 0 Å². The van der Waals surface area contributed by atoms with Crippen molar-refractivity contribution in [2.75, 3.05) is 5.32 Å². The van der Waals surface area contributed by atoms with Crippen LogP contribution >= 0.6 is 15.9 Å². The fourth-order valence-corrected chi connectivity index (χ4v) is 1.90. The molecule has 18 heavy (non-hydrogen) atoms. The zero-order chi connectivity index (χ0) is 13.1. The van der Waals surface area contributed by atoms with Gasteiger partial charge in [-0.3, -0.25) is 4.79 Å². The third-order valence-corrected chi connectivity index (χ3v) is 3.46. The number of carbonyl (C=O) groups is 1. The summed E-state index contributed by atoms with van der Waals surface area (Å²) in [5, 5.41) is 2.80. The van der Waals surface area contributed by atoms with Crippen LogP contribution in [0.3, 0.4) is 0 Å². The second-order valence-electron chi connectivity index (χ2n) is 3.84. The topological polar surface area (TPSA) is 68.3 Å². The molecule has 1 amide bonds. The van der Waals surface area contributed by atoms with Crippen LogP contribution in [-0.4, -0.2) is 5.91 Å². The van der Waals surface area contributed by atoms with Crippen LogP contribution in [-0.2, 0) is 6.54 Å². The molecule has 0 aliphatic carbocycles. The summed E-state index contributed by atoms with van der Waals surface area (Å²) in [7, 11) is 0. The normalized spacial score (nSPS) is 10.4. The van der Waals surface area contributed by atoms with Crippen molar-refractivity contribution in [3.05, 3.63) is 51.9 Å². The second-order valence-corrected chi connectivity index (χ2v) is 4.69. The van der Waals surface area contributed by atoms with Gasteiger partial charge in [-0.1, -0.05) is 22.0 Å². The summed E-state index contributed by atoms with van der Waals surface area (Å²) in [5.74, 6) is 0.567. The monoisotopic (exact) mass is 308 g/mol. The molecule has 1 aromatic heterocycles. The summed E-state index contributed by atoms with van der Waals surface area (Å²) in [6.45, 7) is 2.20. The predicted molar refractivity (Wildman–Crippen MR) is 73.4 cm³/mol. The molecule has 2 rings (SSSR count). The van der Waals surface area contributed by atoms with Crippen molar-refractivity contribution in [1.82, 2.24) is 0 Å². The van der Waals surface area contributed by atoms with E-state index in [1.54, 1.807) is 12.1 Å². The number of nitrogens with one attached hydrogen (secondary N) is 1. The predicted octanol–water partition coefficient (Wildman–Crippen LogP) is 3.06. The molecule has 0 bridgehead atoms. The minimum absolute atomic E-state index is 0.259. The standard InChI is InChI=1S/C13H13BrN2O2/c1-8-10(14)3-2-4-11(8)16-13(17)12-6-5-9(7-15)18-12/h2-6H,7,15H2,1H3,(H,16,17). The van der Waals surface area contributed by atoms with Crippen molar-refractivity contribution in [2.45, 2.75) is 13.5 Å². The molecule has 3 N–H and O–H groups in total. The molecule has 0 fully saturated rings. The molecule has 0 saturated carbocycles. The maximum absolute atomic E-state index is 11.9. The lowest BCUT2D eigenvalue weighted by Crippen LogP contribution is -2.12. The first-order chi connectivity index (χ1) is 8.61. The number of rotatable bonds is 3. The highest BCUT2D eigenvalue weighted by molar-refractivity contribution is 9.10. The van der Waals surface area contributed by atoms with Gasteiger partial charge in [0.25, 0.3) is 5.91 Å². The largest absolute Gasteiger partial charge is 0.455 e. The van der Waals surface area contributed by atoms with Gasteiger partial charge in [0.15, 0.2) is 5.76 Å². The quantitative estimate of drug-likeness (QED) is 0.915. The molecule has 0 radical (unpaired) electrons. The maximum Gasteiger partial charge on any atom is 0.291 e. The molecule has 0 unspecified atom stereocenters. The molecule has 1 heterocycles. The van der Waals surface area contributed by atoms with Crippen molar-refractivity contribution in [3.8, 4) is 0 Å². The van der Waals surface area contributed by atoms with Crippen molar-refractivity contribution < 1.29 is 9.21 Å². The van der Waals surface area contributed by atoms with Crippen LogP contribution in [0.5, 0.6) is 0 Å². The third-order valence-electron chi connectivity index (χ3n) is 2.60. The Kier molecular flexibility index (Phi) is 3.84. The smallest absolute Gasteiger partial charge is 0.291 e. The van der Waals surface area contributed by atoms with E-state index in [1.165, 1.54) is 0 Å². The highest BCUT2D eigenvalue weighted by Crippen LogP contribution is 2.24. The minimum Gasteiger partial charge on any atom is -0.455 e. The maximum atomic E-state index is 11.9. The van der Waals surface area contributed by atoms with Gasteiger partial charge in [-0.15, -0.1) is 0 Å². The molecule has 94 valence electrons. The number of hydrogen-bond donors (Lipinski definition) is 2. The summed E-state index contributed by atoms with van der Waals surface area (Å²) in [4.78, 5) is 11.9. The van der Waals surface area contributed by atoms with Crippen LogP contribution in [0.25, 0.3) is 0 Å². The van der Waals surface area contributed by atoms with E-state index in [1.807, 2.05) is 25.1 Å². The molecular weight excluding hydrogens is 296 g/mol. The van der Waals surface area contributed by atoms with E-state index in [2.05, 4.69) is 21.2 Å². The first kappa shape index (κ1) is 12.9. The van der Waals surface area contributed by atoms with E-state index in [4.69, 9.17) is 10.2 Å². The van der Waals surface area contributed by atoms with Crippen molar-refractivity contribution >= 4 is 27.5 Å². The average molecular weight is 309 g/mol. The Morgan fingerprint density at radius 2 is 2.17 bits per heavy atom. The SMILES string of the molecule is Cc1c(Br)cccc1NC(=O)c1ccc(CN)o1. The highest BCUT2D eigenvalue weighted by atomic mass is 79.9. The van der Waals surface area contributed by atoms with Crippen LogP contribution in [0.2, 0.25) is 0 Å². The van der Waals surface area contributed by atoms with Crippen molar-refractivity contribution in [3.63, 3.8) is 0 Å². The molecule has 0 saturated heterocycles. The van der Waals surface area contributed by atoms with E-state index in [-0.39, 0.29) is 18.2 Å². The lowest BCUT2D eigenvalue weighted by Gasteiger charge is -2.08. The fourth-order valence-electron chi connectivity index (χ4n) is 1.54. The first-order valence-corrected chi connectivity index (χ1v) is 6.26. The number of amides is 1. The second kappa shape index (κ2) is 5.37. The van der Waals surface area contributed by atoms with Crippen LogP contribution in [0.1, 0.15) is 21.9 Å². The molecule has 0 aliphatic rings. The van der Waals surface area contributed by atoms with Crippen LogP contribution < -0.4 is 11.1 Å².